The SMILES string of the molecule is O=C(CCOc1c2ccccc2c(OCCC(=O)OCCC2CCCCC2)c2cc(Cl)ccc12)OCCC1CCCCC1. The Kier molecular flexibility index (Phi) is 11.8. The normalized spacial score (nSPS) is 16.3. The van der Waals surface area contributed by atoms with Gasteiger partial charge in [-0.3, -0.25) is 9.59 Å². The van der Waals surface area contributed by atoms with Gasteiger partial charge >= 0.3 is 11.9 Å². The van der Waals surface area contributed by atoms with Crippen molar-refractivity contribution < 1.29 is 28.5 Å². The first-order valence-corrected chi connectivity index (χ1v) is 16.7. The van der Waals surface area contributed by atoms with Gasteiger partial charge in [-0.1, -0.05) is 100 Å². The number of hydrogen-bond acceptors (Lipinski definition) is 6. The molecule has 5 rings (SSSR count). The zero-order chi connectivity index (χ0) is 29.9. The van der Waals surface area contributed by atoms with Gasteiger partial charge in [0.05, 0.1) is 39.3 Å². The van der Waals surface area contributed by atoms with E-state index in [0.717, 1.165) is 34.4 Å². The molecule has 0 N–H and O–H groups in total. The molecule has 0 spiro atoms. The lowest BCUT2D eigenvalue weighted by molar-refractivity contribution is -0.145. The maximum Gasteiger partial charge on any atom is 0.309 e. The lowest BCUT2D eigenvalue weighted by atomic mass is 9.87. The fourth-order valence-electron chi connectivity index (χ4n) is 6.63. The Bertz CT molecular complexity index is 1360. The molecule has 0 bridgehead atoms. The molecule has 0 atom stereocenters. The van der Waals surface area contributed by atoms with Crippen molar-refractivity contribution in [2.75, 3.05) is 26.4 Å². The molecule has 0 aliphatic heterocycles. The molecular formula is C36H45ClO6. The number of esters is 2. The Balaban J connectivity index is 1.19. The summed E-state index contributed by atoms with van der Waals surface area (Å²) in [6, 6.07) is 13.4. The number of benzene rings is 3. The van der Waals surface area contributed by atoms with E-state index in [0.29, 0.717) is 41.6 Å². The van der Waals surface area contributed by atoms with Crippen molar-refractivity contribution in [2.45, 2.75) is 89.9 Å². The summed E-state index contributed by atoms with van der Waals surface area (Å²) in [4.78, 5) is 24.9. The minimum Gasteiger partial charge on any atom is -0.492 e. The first-order valence-electron chi connectivity index (χ1n) is 16.3. The van der Waals surface area contributed by atoms with Crippen molar-refractivity contribution >= 4 is 45.1 Å². The summed E-state index contributed by atoms with van der Waals surface area (Å²) in [5.41, 5.74) is 0. The van der Waals surface area contributed by atoms with Crippen molar-refractivity contribution in [1.29, 1.82) is 0 Å². The van der Waals surface area contributed by atoms with E-state index >= 15 is 0 Å². The van der Waals surface area contributed by atoms with Gasteiger partial charge in [0.2, 0.25) is 0 Å². The average Bonchev–Trinajstić information content (AvgIpc) is 3.03. The largest absolute Gasteiger partial charge is 0.492 e. The quantitative estimate of drug-likeness (QED) is 0.134. The molecule has 0 heterocycles. The summed E-state index contributed by atoms with van der Waals surface area (Å²) < 4.78 is 23.5. The van der Waals surface area contributed by atoms with E-state index in [1.165, 1.54) is 64.2 Å². The summed E-state index contributed by atoms with van der Waals surface area (Å²) in [7, 11) is 0. The second kappa shape index (κ2) is 16.2. The van der Waals surface area contributed by atoms with Crippen molar-refractivity contribution in [3.8, 4) is 11.5 Å². The van der Waals surface area contributed by atoms with Crippen LogP contribution in [0.2, 0.25) is 5.02 Å². The summed E-state index contributed by atoms with van der Waals surface area (Å²) >= 11 is 6.42. The molecule has 43 heavy (non-hydrogen) atoms. The fraction of sp³-hybridized carbons (Fsp3) is 0.556. The highest BCUT2D eigenvalue weighted by atomic mass is 35.5. The van der Waals surface area contributed by atoms with Crippen molar-refractivity contribution in [3.63, 3.8) is 0 Å². The van der Waals surface area contributed by atoms with E-state index < -0.39 is 0 Å². The molecule has 2 saturated carbocycles. The Morgan fingerprint density at radius 1 is 0.605 bits per heavy atom. The summed E-state index contributed by atoms with van der Waals surface area (Å²) in [5, 5.41) is 3.92. The number of fused-ring (bicyclic) bond motifs is 2. The molecule has 2 aliphatic carbocycles. The maximum absolute atomic E-state index is 12.4. The lowest BCUT2D eigenvalue weighted by Gasteiger charge is -2.21. The molecule has 0 unspecified atom stereocenters. The second-order valence-corrected chi connectivity index (χ2v) is 12.6. The minimum absolute atomic E-state index is 0.169. The smallest absolute Gasteiger partial charge is 0.309 e. The number of rotatable bonds is 14. The van der Waals surface area contributed by atoms with Gasteiger partial charge in [-0.25, -0.2) is 0 Å². The number of hydrogen-bond donors (Lipinski definition) is 0. The van der Waals surface area contributed by atoms with Crippen LogP contribution >= 0.6 is 11.6 Å². The minimum atomic E-state index is -0.243. The molecule has 2 aliphatic rings. The van der Waals surface area contributed by atoms with Crippen molar-refractivity contribution in [1.82, 2.24) is 0 Å². The number of ether oxygens (including phenoxy) is 4. The third kappa shape index (κ3) is 9.01. The van der Waals surface area contributed by atoms with Gasteiger partial charge in [-0.05, 0) is 42.9 Å². The Labute approximate surface area is 260 Å². The van der Waals surface area contributed by atoms with E-state index in [1.54, 1.807) is 0 Å². The fourth-order valence-corrected chi connectivity index (χ4v) is 6.80. The highest BCUT2D eigenvalue weighted by Crippen LogP contribution is 2.43. The second-order valence-electron chi connectivity index (χ2n) is 12.1. The molecule has 3 aromatic carbocycles. The van der Waals surface area contributed by atoms with Gasteiger partial charge in [0.1, 0.15) is 11.5 Å². The first-order chi connectivity index (χ1) is 21.1. The zero-order valence-electron chi connectivity index (χ0n) is 25.3. The van der Waals surface area contributed by atoms with Gasteiger partial charge in [0.25, 0.3) is 0 Å². The van der Waals surface area contributed by atoms with Crippen LogP contribution in [-0.4, -0.2) is 38.4 Å². The Morgan fingerprint density at radius 2 is 1.07 bits per heavy atom. The molecular weight excluding hydrogens is 564 g/mol. The van der Waals surface area contributed by atoms with Crippen LogP contribution in [0, 0.1) is 11.8 Å². The van der Waals surface area contributed by atoms with Crippen LogP contribution in [0.25, 0.3) is 21.5 Å². The van der Waals surface area contributed by atoms with E-state index in [-0.39, 0.29) is 38.0 Å². The number of halogens is 1. The molecule has 232 valence electrons. The van der Waals surface area contributed by atoms with Crippen LogP contribution in [-0.2, 0) is 19.1 Å². The average molecular weight is 609 g/mol. The molecule has 0 amide bonds. The van der Waals surface area contributed by atoms with Gasteiger partial charge in [0.15, 0.2) is 0 Å². The van der Waals surface area contributed by atoms with Crippen LogP contribution in [0.3, 0.4) is 0 Å². The van der Waals surface area contributed by atoms with E-state index in [9.17, 15) is 9.59 Å². The van der Waals surface area contributed by atoms with E-state index in [1.807, 2.05) is 42.5 Å². The van der Waals surface area contributed by atoms with Gasteiger partial charge in [0, 0.05) is 26.6 Å². The highest BCUT2D eigenvalue weighted by Gasteiger charge is 2.19. The molecule has 6 nitrogen and oxygen atoms in total. The number of carbonyl (C=O) groups excluding carboxylic acids is 2. The first kappa shape index (κ1) is 31.4. The third-order valence-electron chi connectivity index (χ3n) is 9.02. The zero-order valence-corrected chi connectivity index (χ0v) is 26.0. The van der Waals surface area contributed by atoms with Crippen LogP contribution < -0.4 is 9.47 Å². The molecule has 0 radical (unpaired) electrons. The standard InChI is InChI=1S/C36H45ClO6/c37-28-15-16-31-32(25-28)36(43-24-20-34(39)41-22-18-27-11-5-2-6-12-27)30-14-8-7-13-29(30)35(31)42-23-19-33(38)40-21-17-26-9-3-1-4-10-26/h7-8,13-16,25-27H,1-6,9-12,17-24H2. The van der Waals surface area contributed by atoms with Crippen LogP contribution in [0.1, 0.15) is 89.9 Å². The molecule has 0 aromatic heterocycles. The summed E-state index contributed by atoms with van der Waals surface area (Å²) in [5.74, 6) is 2.20. The van der Waals surface area contributed by atoms with Crippen LogP contribution in [0.15, 0.2) is 42.5 Å². The Hall–Kier alpha value is -2.99. The molecule has 3 aromatic rings. The van der Waals surface area contributed by atoms with E-state index in [4.69, 9.17) is 30.5 Å². The monoisotopic (exact) mass is 608 g/mol. The van der Waals surface area contributed by atoms with Crippen LogP contribution in [0.4, 0.5) is 0 Å². The molecule has 2 fully saturated rings. The predicted molar refractivity (Wildman–Crippen MR) is 171 cm³/mol. The predicted octanol–water partition coefficient (Wildman–Crippen LogP) is 9.21. The Morgan fingerprint density at radius 3 is 1.58 bits per heavy atom. The van der Waals surface area contributed by atoms with Crippen LogP contribution in [0.5, 0.6) is 11.5 Å². The summed E-state index contributed by atoms with van der Waals surface area (Å²) in [6.07, 6.45) is 15.0. The van der Waals surface area contributed by atoms with Crippen molar-refractivity contribution in [3.05, 3.63) is 47.5 Å². The van der Waals surface area contributed by atoms with Gasteiger partial charge in [-0.15, -0.1) is 0 Å². The maximum atomic E-state index is 12.4. The lowest BCUT2D eigenvalue weighted by Crippen LogP contribution is -2.15. The van der Waals surface area contributed by atoms with Crippen molar-refractivity contribution in [2.24, 2.45) is 11.8 Å². The molecule has 7 heteroatoms. The number of carbonyl (C=O) groups is 2. The summed E-state index contributed by atoms with van der Waals surface area (Å²) in [6.45, 7) is 1.36. The topological polar surface area (TPSA) is 71.1 Å². The van der Waals surface area contributed by atoms with Gasteiger partial charge in [-0.2, -0.15) is 0 Å². The third-order valence-corrected chi connectivity index (χ3v) is 9.26. The highest BCUT2D eigenvalue weighted by molar-refractivity contribution is 6.31. The van der Waals surface area contributed by atoms with Gasteiger partial charge < -0.3 is 18.9 Å². The van der Waals surface area contributed by atoms with E-state index in [2.05, 4.69) is 0 Å². The molecule has 0 saturated heterocycles.